The van der Waals surface area contributed by atoms with Gasteiger partial charge in [0.1, 0.15) is 0 Å². The number of nitrogens with zero attached hydrogens (tertiary/aromatic N) is 1. The van der Waals surface area contributed by atoms with Crippen molar-refractivity contribution in [3.8, 4) is 0 Å². The van der Waals surface area contributed by atoms with Crippen molar-refractivity contribution in [3.63, 3.8) is 0 Å². The van der Waals surface area contributed by atoms with Crippen LogP contribution in [-0.2, 0) is 5.41 Å². The van der Waals surface area contributed by atoms with Crippen LogP contribution >= 0.6 is 11.6 Å². The third-order valence-electron chi connectivity index (χ3n) is 2.46. The first-order valence-corrected chi connectivity index (χ1v) is 4.77. The number of aliphatic imine (C=N–C) groups is 1. The van der Waals surface area contributed by atoms with E-state index >= 15 is 0 Å². The lowest BCUT2D eigenvalue weighted by Gasteiger charge is -2.28. The monoisotopic (exact) mass is 193 g/mol. The van der Waals surface area contributed by atoms with E-state index in [1.807, 2.05) is 18.3 Å². The highest BCUT2D eigenvalue weighted by Gasteiger charge is 2.25. The molecule has 0 unspecified atom stereocenters. The second kappa shape index (κ2) is 2.85. The van der Waals surface area contributed by atoms with E-state index in [1.165, 1.54) is 5.56 Å². The Balaban J connectivity index is 2.61. The molecule has 1 nitrogen and oxygen atoms in total. The molecule has 0 fully saturated rings. The van der Waals surface area contributed by atoms with E-state index in [0.717, 1.165) is 17.1 Å². The van der Waals surface area contributed by atoms with Crippen molar-refractivity contribution in [3.05, 3.63) is 34.3 Å². The quantitative estimate of drug-likeness (QED) is 0.601. The topological polar surface area (TPSA) is 12.4 Å². The zero-order valence-corrected chi connectivity index (χ0v) is 8.60. The fourth-order valence-electron chi connectivity index (χ4n) is 1.71. The Morgan fingerprint density at radius 2 is 2.15 bits per heavy atom. The maximum Gasteiger partial charge on any atom is 0.0481 e. The highest BCUT2D eigenvalue weighted by molar-refractivity contribution is 6.30. The van der Waals surface area contributed by atoms with Crippen LogP contribution in [-0.4, -0.2) is 12.8 Å². The molecule has 0 N–H and O–H groups in total. The molecule has 0 aliphatic carbocycles. The van der Waals surface area contributed by atoms with Crippen LogP contribution in [0.2, 0.25) is 5.02 Å². The number of hydrogen-bond donors (Lipinski definition) is 0. The molecule has 0 atom stereocenters. The summed E-state index contributed by atoms with van der Waals surface area (Å²) in [6.45, 7) is 5.27. The summed E-state index contributed by atoms with van der Waals surface area (Å²) in [5.74, 6) is 0. The van der Waals surface area contributed by atoms with Gasteiger partial charge in [-0.3, -0.25) is 4.99 Å². The zero-order valence-electron chi connectivity index (χ0n) is 7.84. The zero-order chi connectivity index (χ0) is 9.47. The van der Waals surface area contributed by atoms with Gasteiger partial charge in [0.2, 0.25) is 0 Å². The number of benzene rings is 1. The van der Waals surface area contributed by atoms with Gasteiger partial charge in [-0.05, 0) is 23.3 Å². The van der Waals surface area contributed by atoms with E-state index in [4.69, 9.17) is 11.6 Å². The molecule has 2 rings (SSSR count). The highest BCUT2D eigenvalue weighted by atomic mass is 35.5. The van der Waals surface area contributed by atoms with Crippen molar-refractivity contribution in [2.24, 2.45) is 4.99 Å². The Labute approximate surface area is 83.4 Å². The van der Waals surface area contributed by atoms with E-state index in [-0.39, 0.29) is 5.41 Å². The molecule has 1 aromatic carbocycles. The number of halogens is 1. The predicted molar refractivity (Wildman–Crippen MR) is 56.9 cm³/mol. The predicted octanol–water partition coefficient (Wildman–Crippen LogP) is 3.05. The van der Waals surface area contributed by atoms with E-state index < -0.39 is 0 Å². The van der Waals surface area contributed by atoms with Gasteiger partial charge < -0.3 is 0 Å². The minimum Gasteiger partial charge on any atom is -0.292 e. The van der Waals surface area contributed by atoms with E-state index in [2.05, 4.69) is 24.9 Å². The largest absolute Gasteiger partial charge is 0.292 e. The summed E-state index contributed by atoms with van der Waals surface area (Å²) in [7, 11) is 0. The third-order valence-corrected chi connectivity index (χ3v) is 2.69. The molecule has 0 saturated carbocycles. The normalized spacial score (nSPS) is 18.4. The molecular formula is C11H12ClN. The summed E-state index contributed by atoms with van der Waals surface area (Å²) in [4.78, 5) is 4.33. The Kier molecular flexibility index (Phi) is 1.92. The molecule has 0 spiro atoms. The highest BCUT2D eigenvalue weighted by Crippen LogP contribution is 2.30. The second-order valence-corrected chi connectivity index (χ2v) is 4.52. The first-order chi connectivity index (χ1) is 6.09. The van der Waals surface area contributed by atoms with Crippen LogP contribution in [0.4, 0.5) is 0 Å². The van der Waals surface area contributed by atoms with Gasteiger partial charge in [-0.15, -0.1) is 0 Å². The van der Waals surface area contributed by atoms with E-state index in [1.54, 1.807) is 0 Å². The van der Waals surface area contributed by atoms with Gasteiger partial charge in [-0.25, -0.2) is 0 Å². The fourth-order valence-corrected chi connectivity index (χ4v) is 1.89. The molecular weight excluding hydrogens is 182 g/mol. The van der Waals surface area contributed by atoms with Crippen LogP contribution in [0.25, 0.3) is 0 Å². The Bertz CT molecular complexity index is 366. The van der Waals surface area contributed by atoms with Gasteiger partial charge in [0, 0.05) is 23.2 Å². The Hall–Kier alpha value is -0.820. The fraction of sp³-hybridized carbons (Fsp3) is 0.364. The average molecular weight is 194 g/mol. The van der Waals surface area contributed by atoms with Crippen molar-refractivity contribution in [2.75, 3.05) is 6.54 Å². The first-order valence-electron chi connectivity index (χ1n) is 4.39. The molecule has 0 aromatic heterocycles. The van der Waals surface area contributed by atoms with Crippen LogP contribution in [0.5, 0.6) is 0 Å². The molecule has 68 valence electrons. The van der Waals surface area contributed by atoms with Crippen LogP contribution in [0, 0.1) is 0 Å². The van der Waals surface area contributed by atoms with Crippen LogP contribution in [0.1, 0.15) is 25.0 Å². The minimum atomic E-state index is 0.147. The van der Waals surface area contributed by atoms with Crippen LogP contribution in [0.15, 0.2) is 23.2 Å². The van der Waals surface area contributed by atoms with Gasteiger partial charge in [-0.2, -0.15) is 0 Å². The molecule has 0 amide bonds. The van der Waals surface area contributed by atoms with Gasteiger partial charge in [0.15, 0.2) is 0 Å². The summed E-state index contributed by atoms with van der Waals surface area (Å²) in [5.41, 5.74) is 2.64. The SMILES string of the molecule is CC1(C)CN=Cc2cc(Cl)ccc21. The summed E-state index contributed by atoms with van der Waals surface area (Å²) in [6, 6.07) is 6.02. The van der Waals surface area contributed by atoms with Crippen LogP contribution < -0.4 is 0 Å². The first kappa shape index (κ1) is 8.76. The van der Waals surface area contributed by atoms with Gasteiger partial charge in [0.25, 0.3) is 0 Å². The molecule has 0 saturated heterocycles. The molecule has 13 heavy (non-hydrogen) atoms. The Morgan fingerprint density at radius 3 is 2.92 bits per heavy atom. The number of rotatable bonds is 0. The van der Waals surface area contributed by atoms with Crippen molar-refractivity contribution in [1.29, 1.82) is 0 Å². The lowest BCUT2D eigenvalue weighted by molar-refractivity contribution is 0.534. The maximum atomic E-state index is 5.91. The van der Waals surface area contributed by atoms with Crippen molar-refractivity contribution in [1.82, 2.24) is 0 Å². The van der Waals surface area contributed by atoms with Gasteiger partial charge in [0.05, 0.1) is 0 Å². The molecule has 2 heteroatoms. The van der Waals surface area contributed by atoms with E-state index in [0.29, 0.717) is 0 Å². The van der Waals surface area contributed by atoms with Crippen LogP contribution in [0.3, 0.4) is 0 Å². The minimum absolute atomic E-state index is 0.147. The third kappa shape index (κ3) is 1.49. The summed E-state index contributed by atoms with van der Waals surface area (Å²) in [6.07, 6.45) is 1.91. The smallest absolute Gasteiger partial charge is 0.0481 e. The molecule has 1 aliphatic rings. The van der Waals surface area contributed by atoms with E-state index in [9.17, 15) is 0 Å². The number of hydrogen-bond acceptors (Lipinski definition) is 1. The van der Waals surface area contributed by atoms with Gasteiger partial charge in [-0.1, -0.05) is 31.5 Å². The second-order valence-electron chi connectivity index (χ2n) is 4.09. The molecule has 1 aliphatic heterocycles. The Morgan fingerprint density at radius 1 is 1.38 bits per heavy atom. The number of fused-ring (bicyclic) bond motifs is 1. The van der Waals surface area contributed by atoms with Gasteiger partial charge >= 0.3 is 0 Å². The summed E-state index contributed by atoms with van der Waals surface area (Å²) in [5, 5.41) is 0.780. The lowest BCUT2D eigenvalue weighted by Crippen LogP contribution is -2.26. The standard InChI is InChI=1S/C11H12ClN/c1-11(2)7-13-6-8-5-9(12)3-4-10(8)11/h3-6H,7H2,1-2H3. The molecule has 1 heterocycles. The molecule has 1 aromatic rings. The van der Waals surface area contributed by atoms with Crippen molar-refractivity contribution >= 4 is 17.8 Å². The van der Waals surface area contributed by atoms with Crippen molar-refractivity contribution in [2.45, 2.75) is 19.3 Å². The van der Waals surface area contributed by atoms with Crippen molar-refractivity contribution < 1.29 is 0 Å². The molecule has 0 bridgehead atoms. The lowest BCUT2D eigenvalue weighted by atomic mass is 9.80. The summed E-state index contributed by atoms with van der Waals surface area (Å²) >= 11 is 5.91. The average Bonchev–Trinajstić information content (AvgIpc) is 2.02. The molecule has 0 radical (unpaired) electrons. The summed E-state index contributed by atoms with van der Waals surface area (Å²) < 4.78 is 0. The maximum absolute atomic E-state index is 5.91.